The predicted octanol–water partition coefficient (Wildman–Crippen LogP) is -0.120. The third-order valence-corrected chi connectivity index (χ3v) is 1.43. The average Bonchev–Trinajstić information content (AvgIpc) is 2.12. The monoisotopic (exact) mass is 200 g/mol. The zero-order valence-corrected chi connectivity index (χ0v) is 6.91. The standard InChI is InChI=1S/C8H8O6/c9-4-2-1-3-5(6(4)10)14-8(13)7(11)12/h1-3,8-10,13H,(H,11,12)/t8-/m0/s1. The van der Waals surface area contributed by atoms with Crippen LogP contribution in [-0.4, -0.2) is 32.7 Å². The van der Waals surface area contributed by atoms with E-state index in [1.165, 1.54) is 18.2 Å². The number of aromatic hydroxyl groups is 2. The molecule has 0 fully saturated rings. The Balaban J connectivity index is 2.87. The molecule has 0 aromatic heterocycles. The summed E-state index contributed by atoms with van der Waals surface area (Å²) in [6.07, 6.45) is -2.08. The van der Waals surface area contributed by atoms with E-state index in [1.54, 1.807) is 0 Å². The Morgan fingerprint density at radius 3 is 2.57 bits per heavy atom. The minimum Gasteiger partial charge on any atom is -0.504 e. The third-order valence-electron chi connectivity index (χ3n) is 1.43. The Labute approximate surface area is 78.6 Å². The summed E-state index contributed by atoms with van der Waals surface area (Å²) in [5.41, 5.74) is 0. The molecule has 1 aromatic carbocycles. The van der Waals surface area contributed by atoms with Crippen LogP contribution in [0.15, 0.2) is 18.2 Å². The van der Waals surface area contributed by atoms with E-state index in [4.69, 9.17) is 20.4 Å². The molecule has 0 bridgehead atoms. The lowest BCUT2D eigenvalue weighted by Gasteiger charge is -2.10. The van der Waals surface area contributed by atoms with E-state index in [9.17, 15) is 4.79 Å². The van der Waals surface area contributed by atoms with Gasteiger partial charge in [0.05, 0.1) is 0 Å². The van der Waals surface area contributed by atoms with E-state index in [-0.39, 0.29) is 5.75 Å². The molecule has 0 saturated heterocycles. The maximum atomic E-state index is 10.2. The number of phenols is 2. The summed E-state index contributed by atoms with van der Waals surface area (Å²) in [6, 6.07) is 3.73. The summed E-state index contributed by atoms with van der Waals surface area (Å²) >= 11 is 0. The van der Waals surface area contributed by atoms with Gasteiger partial charge in [-0.2, -0.15) is 0 Å². The largest absolute Gasteiger partial charge is 0.504 e. The number of para-hydroxylation sites is 1. The number of aliphatic hydroxyl groups excluding tert-OH is 1. The predicted molar refractivity (Wildman–Crippen MR) is 44.0 cm³/mol. The van der Waals surface area contributed by atoms with Gasteiger partial charge in [0.15, 0.2) is 11.5 Å². The second kappa shape index (κ2) is 3.84. The summed E-state index contributed by atoms with van der Waals surface area (Å²) in [7, 11) is 0. The van der Waals surface area contributed by atoms with Gasteiger partial charge < -0.3 is 25.2 Å². The number of phenolic OH excluding ortho intramolecular Hbond substituents is 2. The Hall–Kier alpha value is -1.95. The summed E-state index contributed by atoms with van der Waals surface area (Å²) in [4.78, 5) is 10.2. The minimum atomic E-state index is -2.08. The molecule has 0 unspecified atom stereocenters. The van der Waals surface area contributed by atoms with Gasteiger partial charge in [-0.05, 0) is 12.1 Å². The van der Waals surface area contributed by atoms with Gasteiger partial charge in [-0.25, -0.2) is 4.79 Å². The number of benzene rings is 1. The molecule has 14 heavy (non-hydrogen) atoms. The van der Waals surface area contributed by atoms with Crippen molar-refractivity contribution in [2.75, 3.05) is 0 Å². The zero-order valence-electron chi connectivity index (χ0n) is 6.91. The van der Waals surface area contributed by atoms with Crippen LogP contribution in [0.1, 0.15) is 0 Å². The molecule has 0 spiro atoms. The van der Waals surface area contributed by atoms with Crippen molar-refractivity contribution in [2.24, 2.45) is 0 Å². The fourth-order valence-corrected chi connectivity index (χ4v) is 0.777. The van der Waals surface area contributed by atoms with Crippen molar-refractivity contribution in [3.05, 3.63) is 18.2 Å². The number of hydrogen-bond donors (Lipinski definition) is 4. The summed E-state index contributed by atoms with van der Waals surface area (Å²) in [5.74, 6) is -2.97. The van der Waals surface area contributed by atoms with Gasteiger partial charge in [0.1, 0.15) is 0 Å². The highest BCUT2D eigenvalue weighted by molar-refractivity contribution is 5.71. The maximum Gasteiger partial charge on any atom is 0.373 e. The molecular formula is C8H8O6. The van der Waals surface area contributed by atoms with Crippen LogP contribution in [0.3, 0.4) is 0 Å². The molecule has 0 radical (unpaired) electrons. The molecule has 76 valence electrons. The lowest BCUT2D eigenvalue weighted by Crippen LogP contribution is -2.26. The SMILES string of the molecule is O=C(O)[C@@H](O)Oc1cccc(O)c1O. The average molecular weight is 200 g/mol. The van der Waals surface area contributed by atoms with Crippen molar-refractivity contribution >= 4 is 5.97 Å². The first-order valence-corrected chi connectivity index (χ1v) is 3.61. The molecule has 0 saturated carbocycles. The van der Waals surface area contributed by atoms with E-state index in [2.05, 4.69) is 4.74 Å². The highest BCUT2D eigenvalue weighted by atomic mass is 16.6. The number of carboxylic acid groups (broad SMARTS) is 1. The first-order valence-electron chi connectivity index (χ1n) is 3.61. The molecule has 0 aliphatic carbocycles. The van der Waals surface area contributed by atoms with Crippen LogP contribution < -0.4 is 4.74 Å². The Morgan fingerprint density at radius 2 is 2.00 bits per heavy atom. The van der Waals surface area contributed by atoms with E-state index in [0.29, 0.717) is 0 Å². The zero-order chi connectivity index (χ0) is 10.7. The second-order valence-electron chi connectivity index (χ2n) is 2.43. The normalized spacial score (nSPS) is 12.1. The van der Waals surface area contributed by atoms with Crippen LogP contribution in [0.5, 0.6) is 17.2 Å². The van der Waals surface area contributed by atoms with Gasteiger partial charge in [-0.3, -0.25) is 0 Å². The van der Waals surface area contributed by atoms with Gasteiger partial charge in [-0.1, -0.05) is 6.07 Å². The van der Waals surface area contributed by atoms with Crippen LogP contribution in [0.4, 0.5) is 0 Å². The van der Waals surface area contributed by atoms with Crippen molar-refractivity contribution in [3.63, 3.8) is 0 Å². The molecule has 6 heteroatoms. The first-order chi connectivity index (χ1) is 6.52. The number of ether oxygens (including phenoxy) is 1. The number of aliphatic hydroxyl groups is 1. The van der Waals surface area contributed by atoms with Crippen molar-refractivity contribution < 1.29 is 30.0 Å². The van der Waals surface area contributed by atoms with E-state index in [0.717, 1.165) is 0 Å². The van der Waals surface area contributed by atoms with E-state index < -0.39 is 23.8 Å². The van der Waals surface area contributed by atoms with E-state index in [1.807, 2.05) is 0 Å². The third kappa shape index (κ3) is 2.05. The van der Waals surface area contributed by atoms with Crippen LogP contribution in [0.2, 0.25) is 0 Å². The van der Waals surface area contributed by atoms with Crippen molar-refractivity contribution in [1.29, 1.82) is 0 Å². The lowest BCUT2D eigenvalue weighted by atomic mass is 10.3. The number of hydrogen-bond acceptors (Lipinski definition) is 5. The molecule has 0 aliphatic rings. The second-order valence-corrected chi connectivity index (χ2v) is 2.43. The summed E-state index contributed by atoms with van der Waals surface area (Å²) < 4.78 is 4.43. The molecule has 0 amide bonds. The van der Waals surface area contributed by atoms with Crippen LogP contribution in [0, 0.1) is 0 Å². The molecule has 6 nitrogen and oxygen atoms in total. The van der Waals surface area contributed by atoms with Gasteiger partial charge in [0.25, 0.3) is 6.29 Å². The Kier molecular flexibility index (Phi) is 2.78. The highest BCUT2D eigenvalue weighted by Gasteiger charge is 2.17. The van der Waals surface area contributed by atoms with Crippen LogP contribution in [-0.2, 0) is 4.79 Å². The molecule has 0 aliphatic heterocycles. The first kappa shape index (κ1) is 10.1. The highest BCUT2D eigenvalue weighted by Crippen LogP contribution is 2.34. The van der Waals surface area contributed by atoms with E-state index >= 15 is 0 Å². The van der Waals surface area contributed by atoms with Gasteiger partial charge in [0.2, 0.25) is 5.75 Å². The Bertz CT molecular complexity index is 348. The topological polar surface area (TPSA) is 107 Å². The minimum absolute atomic E-state index is 0.306. The molecule has 0 heterocycles. The molecule has 1 aromatic rings. The number of carbonyl (C=O) groups is 1. The number of rotatable bonds is 3. The quantitative estimate of drug-likeness (QED) is 0.400. The summed E-state index contributed by atoms with van der Waals surface area (Å²) in [6.45, 7) is 0. The van der Waals surface area contributed by atoms with Crippen molar-refractivity contribution in [1.82, 2.24) is 0 Å². The number of aliphatic carboxylic acids is 1. The van der Waals surface area contributed by atoms with Crippen molar-refractivity contribution in [2.45, 2.75) is 6.29 Å². The van der Waals surface area contributed by atoms with Crippen LogP contribution >= 0.6 is 0 Å². The smallest absolute Gasteiger partial charge is 0.373 e. The van der Waals surface area contributed by atoms with Gasteiger partial charge >= 0.3 is 5.97 Å². The van der Waals surface area contributed by atoms with Crippen LogP contribution in [0.25, 0.3) is 0 Å². The fourth-order valence-electron chi connectivity index (χ4n) is 0.777. The number of carboxylic acids is 1. The van der Waals surface area contributed by atoms with Crippen molar-refractivity contribution in [3.8, 4) is 17.2 Å². The maximum absolute atomic E-state index is 10.2. The molecule has 1 rings (SSSR count). The Morgan fingerprint density at radius 1 is 1.36 bits per heavy atom. The molecular weight excluding hydrogens is 192 g/mol. The fraction of sp³-hybridized carbons (Fsp3) is 0.125. The van der Waals surface area contributed by atoms with Gasteiger partial charge in [0, 0.05) is 0 Å². The molecule has 1 atom stereocenters. The van der Waals surface area contributed by atoms with Gasteiger partial charge in [-0.15, -0.1) is 0 Å². The summed E-state index contributed by atoms with van der Waals surface area (Å²) in [5, 5.41) is 35.2. The molecule has 4 N–H and O–H groups in total. The lowest BCUT2D eigenvalue weighted by molar-refractivity contribution is -0.162.